The van der Waals surface area contributed by atoms with Crippen LogP contribution < -0.4 is 20.7 Å². The van der Waals surface area contributed by atoms with Gasteiger partial charge in [-0.1, -0.05) is 145 Å². The summed E-state index contributed by atoms with van der Waals surface area (Å²) in [5.41, 5.74) is 5.60. The van der Waals surface area contributed by atoms with Crippen LogP contribution in [0.5, 0.6) is 5.88 Å². The van der Waals surface area contributed by atoms with Crippen LogP contribution in [0.25, 0.3) is 32.8 Å². The number of hydrogen-bond acceptors (Lipinski definition) is 3. The highest BCUT2D eigenvalue weighted by molar-refractivity contribution is 7.80. The molecule has 1 aromatic heterocycles. The number of ether oxygens (including phenoxy) is 1. The van der Waals surface area contributed by atoms with Crippen molar-refractivity contribution in [3.05, 3.63) is 156 Å². The standard InChI is InChI=1S/C40H33N2OP/c1-27-17-22-32(23-18-27)44(33-24-19-28(2)20-25-33)37-26-21-31-13-7-8-14-34(31)38(37)39-35-15-9-10-16-36(35)40(42-41-39)43-29(3)30-11-5-4-6-12-30/h4-26,29H,1-3H3. The second-order valence-corrected chi connectivity index (χ2v) is 13.4. The lowest BCUT2D eigenvalue weighted by molar-refractivity contribution is 0.218. The fourth-order valence-electron chi connectivity index (χ4n) is 5.82. The van der Waals surface area contributed by atoms with Crippen LogP contribution in [-0.2, 0) is 0 Å². The van der Waals surface area contributed by atoms with Gasteiger partial charge in [-0.2, -0.15) is 0 Å². The van der Waals surface area contributed by atoms with Crippen LogP contribution in [0.3, 0.4) is 0 Å². The average Bonchev–Trinajstić information content (AvgIpc) is 3.07. The molecule has 4 heteroatoms. The largest absolute Gasteiger partial charge is 0.468 e. The minimum atomic E-state index is -0.895. The molecule has 0 N–H and O–H groups in total. The van der Waals surface area contributed by atoms with Crippen LogP contribution in [0.4, 0.5) is 0 Å². The normalized spacial score (nSPS) is 12.1. The van der Waals surface area contributed by atoms with Crippen molar-refractivity contribution in [3.63, 3.8) is 0 Å². The van der Waals surface area contributed by atoms with Gasteiger partial charge in [-0.05, 0) is 67.0 Å². The van der Waals surface area contributed by atoms with Crippen molar-refractivity contribution in [1.29, 1.82) is 0 Å². The zero-order valence-corrected chi connectivity index (χ0v) is 26.0. The third-order valence-electron chi connectivity index (χ3n) is 8.18. The lowest BCUT2D eigenvalue weighted by Gasteiger charge is -2.24. The maximum atomic E-state index is 6.46. The molecule has 0 aliphatic rings. The van der Waals surface area contributed by atoms with Crippen molar-refractivity contribution in [3.8, 4) is 17.1 Å². The molecule has 1 heterocycles. The average molecular weight is 589 g/mol. The molecule has 214 valence electrons. The molecule has 1 atom stereocenters. The van der Waals surface area contributed by atoms with Gasteiger partial charge in [0, 0.05) is 16.3 Å². The quantitative estimate of drug-likeness (QED) is 0.174. The van der Waals surface area contributed by atoms with Crippen molar-refractivity contribution >= 4 is 45.4 Å². The van der Waals surface area contributed by atoms with E-state index in [1.807, 2.05) is 24.3 Å². The molecular formula is C40H33N2OP. The number of benzene rings is 6. The first kappa shape index (κ1) is 28.0. The first-order chi connectivity index (χ1) is 21.6. The Labute approximate surface area is 260 Å². The zero-order chi connectivity index (χ0) is 30.0. The summed E-state index contributed by atoms with van der Waals surface area (Å²) in [6.07, 6.45) is -0.163. The molecule has 0 saturated heterocycles. The number of hydrogen-bond donors (Lipinski definition) is 0. The van der Waals surface area contributed by atoms with Gasteiger partial charge in [-0.3, -0.25) is 0 Å². The highest BCUT2D eigenvalue weighted by atomic mass is 31.1. The zero-order valence-electron chi connectivity index (χ0n) is 25.1. The van der Waals surface area contributed by atoms with E-state index in [1.54, 1.807) is 0 Å². The SMILES string of the molecule is Cc1ccc(P(c2ccc(C)cc2)c2ccc3ccccc3c2-c2nnc(OC(C)c3ccccc3)c3ccccc23)cc1. The monoisotopic (exact) mass is 588 g/mol. The van der Waals surface area contributed by atoms with Crippen LogP contribution in [0, 0.1) is 13.8 Å². The second kappa shape index (κ2) is 12.0. The van der Waals surface area contributed by atoms with Gasteiger partial charge in [0.15, 0.2) is 0 Å². The maximum absolute atomic E-state index is 6.46. The first-order valence-corrected chi connectivity index (χ1v) is 16.3. The van der Waals surface area contributed by atoms with Crippen LogP contribution in [0.2, 0.25) is 0 Å². The number of rotatable bonds is 7. The van der Waals surface area contributed by atoms with E-state index in [-0.39, 0.29) is 6.10 Å². The number of aryl methyl sites for hydroxylation is 2. The minimum Gasteiger partial charge on any atom is -0.468 e. The van der Waals surface area contributed by atoms with Crippen molar-refractivity contribution in [2.75, 3.05) is 0 Å². The van der Waals surface area contributed by atoms with Gasteiger partial charge in [0.05, 0.1) is 0 Å². The van der Waals surface area contributed by atoms with Crippen molar-refractivity contribution < 1.29 is 4.74 Å². The van der Waals surface area contributed by atoms with Gasteiger partial charge in [-0.15, -0.1) is 10.2 Å². The van der Waals surface area contributed by atoms with Crippen molar-refractivity contribution in [1.82, 2.24) is 10.2 Å². The summed E-state index contributed by atoms with van der Waals surface area (Å²) in [4.78, 5) is 0. The summed E-state index contributed by atoms with van der Waals surface area (Å²) in [6, 6.07) is 49.8. The Morgan fingerprint density at radius 2 is 1.11 bits per heavy atom. The van der Waals surface area contributed by atoms with Crippen molar-refractivity contribution in [2.45, 2.75) is 26.9 Å². The van der Waals surface area contributed by atoms with Crippen LogP contribution in [-0.4, -0.2) is 10.2 Å². The van der Waals surface area contributed by atoms with E-state index in [4.69, 9.17) is 14.9 Å². The predicted octanol–water partition coefficient (Wildman–Crippen LogP) is 8.97. The van der Waals surface area contributed by atoms with E-state index < -0.39 is 7.92 Å². The summed E-state index contributed by atoms with van der Waals surface area (Å²) >= 11 is 0. The molecule has 0 aliphatic carbocycles. The van der Waals surface area contributed by atoms with Gasteiger partial charge in [0.1, 0.15) is 11.8 Å². The summed E-state index contributed by atoms with van der Waals surface area (Å²) in [7, 11) is -0.895. The third kappa shape index (κ3) is 5.36. The molecule has 0 spiro atoms. The lowest BCUT2D eigenvalue weighted by Crippen LogP contribution is -2.23. The van der Waals surface area contributed by atoms with E-state index in [0.717, 1.165) is 27.6 Å². The number of nitrogens with zero attached hydrogens (tertiary/aromatic N) is 2. The van der Waals surface area contributed by atoms with E-state index >= 15 is 0 Å². The summed E-state index contributed by atoms with van der Waals surface area (Å²) < 4.78 is 6.46. The van der Waals surface area contributed by atoms with Crippen LogP contribution in [0.15, 0.2) is 140 Å². The molecule has 6 aromatic carbocycles. The fraction of sp³-hybridized carbons (Fsp3) is 0.100. The molecule has 0 bridgehead atoms. The highest BCUT2D eigenvalue weighted by Crippen LogP contribution is 2.42. The minimum absolute atomic E-state index is 0.163. The Kier molecular flexibility index (Phi) is 7.64. The highest BCUT2D eigenvalue weighted by Gasteiger charge is 2.25. The topological polar surface area (TPSA) is 35.0 Å². The van der Waals surface area contributed by atoms with Gasteiger partial charge < -0.3 is 4.74 Å². The Bertz CT molecular complexity index is 2030. The van der Waals surface area contributed by atoms with Crippen molar-refractivity contribution in [2.24, 2.45) is 0 Å². The van der Waals surface area contributed by atoms with Crippen LogP contribution in [0.1, 0.15) is 29.7 Å². The molecule has 0 saturated carbocycles. The third-order valence-corrected chi connectivity index (χ3v) is 10.7. The van der Waals surface area contributed by atoms with Gasteiger partial charge in [0.25, 0.3) is 0 Å². The Morgan fingerprint density at radius 1 is 0.545 bits per heavy atom. The van der Waals surface area contributed by atoms with E-state index in [0.29, 0.717) is 5.88 Å². The molecule has 0 aliphatic heterocycles. The van der Waals surface area contributed by atoms with E-state index in [2.05, 4.69) is 136 Å². The smallest absolute Gasteiger partial charge is 0.242 e. The Hall–Kier alpha value is -4.85. The first-order valence-electron chi connectivity index (χ1n) is 15.0. The molecule has 44 heavy (non-hydrogen) atoms. The summed E-state index contributed by atoms with van der Waals surface area (Å²) in [5.74, 6) is 0.543. The number of fused-ring (bicyclic) bond motifs is 2. The second-order valence-electron chi connectivity index (χ2n) is 11.3. The maximum Gasteiger partial charge on any atom is 0.242 e. The summed E-state index contributed by atoms with van der Waals surface area (Å²) in [6.45, 7) is 6.34. The Balaban J connectivity index is 1.47. The van der Waals surface area contributed by atoms with Gasteiger partial charge >= 0.3 is 0 Å². The number of aromatic nitrogens is 2. The van der Waals surface area contributed by atoms with Gasteiger partial charge in [-0.25, -0.2) is 0 Å². The molecule has 0 amide bonds. The summed E-state index contributed by atoms with van der Waals surface area (Å²) in [5, 5.41) is 17.9. The lowest BCUT2D eigenvalue weighted by atomic mass is 9.98. The fourth-order valence-corrected chi connectivity index (χ4v) is 8.24. The molecule has 0 fully saturated rings. The predicted molar refractivity (Wildman–Crippen MR) is 186 cm³/mol. The molecule has 0 radical (unpaired) electrons. The molecule has 1 unspecified atom stereocenters. The van der Waals surface area contributed by atoms with Crippen LogP contribution >= 0.6 is 7.92 Å². The molecule has 7 rings (SSSR count). The molecular weight excluding hydrogens is 555 g/mol. The van der Waals surface area contributed by atoms with E-state index in [1.165, 1.54) is 37.8 Å². The Morgan fingerprint density at radius 3 is 1.77 bits per heavy atom. The molecule has 7 aromatic rings. The van der Waals surface area contributed by atoms with E-state index in [9.17, 15) is 0 Å². The van der Waals surface area contributed by atoms with Gasteiger partial charge in [0.2, 0.25) is 5.88 Å². The molecule has 3 nitrogen and oxygen atoms in total.